The highest BCUT2D eigenvalue weighted by Crippen LogP contribution is 2.28. The van der Waals surface area contributed by atoms with Crippen LogP contribution < -0.4 is 10.2 Å². The number of thioether (sulfide) groups is 1. The van der Waals surface area contributed by atoms with E-state index in [0.717, 1.165) is 26.7 Å². The Balaban J connectivity index is 1.23. The number of benzene rings is 3. The van der Waals surface area contributed by atoms with Gasteiger partial charge in [0, 0.05) is 16.0 Å². The molecule has 0 aliphatic rings. The number of nitrogens with zero attached hydrogens (tertiary/aromatic N) is 2. The summed E-state index contributed by atoms with van der Waals surface area (Å²) in [6, 6.07) is 25.0. The van der Waals surface area contributed by atoms with Crippen LogP contribution in [0.15, 0.2) is 93.7 Å². The van der Waals surface area contributed by atoms with E-state index < -0.39 is 0 Å². The SMILES string of the molecule is O=C(CSc1nc(-c2ccccc2)cs1)N/N=C/c1cccc(OCc2ccc(Cl)cc2)c1. The normalized spacial score (nSPS) is 10.9. The van der Waals surface area contributed by atoms with Crippen molar-refractivity contribution in [1.29, 1.82) is 0 Å². The fourth-order valence-electron chi connectivity index (χ4n) is 2.84. The first-order valence-corrected chi connectivity index (χ1v) is 12.3. The minimum atomic E-state index is -0.192. The second-order valence-corrected chi connectivity index (χ2v) is 9.45. The number of halogens is 1. The van der Waals surface area contributed by atoms with E-state index in [4.69, 9.17) is 16.3 Å². The molecule has 1 N–H and O–H groups in total. The molecule has 0 bridgehead atoms. The molecule has 5 nitrogen and oxygen atoms in total. The van der Waals surface area contributed by atoms with Crippen LogP contribution in [0.1, 0.15) is 11.1 Å². The molecule has 0 saturated heterocycles. The molecule has 0 aliphatic carbocycles. The highest BCUT2D eigenvalue weighted by atomic mass is 35.5. The van der Waals surface area contributed by atoms with Gasteiger partial charge in [-0.25, -0.2) is 10.4 Å². The Labute approximate surface area is 205 Å². The molecule has 8 heteroatoms. The Morgan fingerprint density at radius 3 is 2.73 bits per heavy atom. The van der Waals surface area contributed by atoms with E-state index in [-0.39, 0.29) is 11.7 Å². The minimum absolute atomic E-state index is 0.192. The summed E-state index contributed by atoms with van der Waals surface area (Å²) >= 11 is 8.82. The van der Waals surface area contributed by atoms with Crippen LogP contribution in [0, 0.1) is 0 Å². The maximum absolute atomic E-state index is 12.1. The van der Waals surface area contributed by atoms with Gasteiger partial charge >= 0.3 is 0 Å². The van der Waals surface area contributed by atoms with E-state index in [1.54, 1.807) is 6.21 Å². The van der Waals surface area contributed by atoms with Gasteiger partial charge in [-0.2, -0.15) is 5.10 Å². The van der Waals surface area contributed by atoms with E-state index >= 15 is 0 Å². The second-order valence-electron chi connectivity index (χ2n) is 6.93. The summed E-state index contributed by atoms with van der Waals surface area (Å²) < 4.78 is 6.67. The second kappa shape index (κ2) is 11.7. The fraction of sp³-hybridized carbons (Fsp3) is 0.0800. The van der Waals surface area contributed by atoms with Crippen molar-refractivity contribution in [3.63, 3.8) is 0 Å². The van der Waals surface area contributed by atoms with Gasteiger partial charge in [0.25, 0.3) is 5.91 Å². The summed E-state index contributed by atoms with van der Waals surface area (Å²) in [5.74, 6) is 0.764. The zero-order valence-electron chi connectivity index (χ0n) is 17.5. The average Bonchev–Trinajstić information content (AvgIpc) is 3.32. The van der Waals surface area contributed by atoms with Gasteiger partial charge in [-0.05, 0) is 35.4 Å². The standard InChI is InChI=1S/C25H20ClN3O2S2/c26-21-11-9-18(10-12-21)15-31-22-8-4-5-19(13-22)14-27-29-24(30)17-33-25-28-23(16-32-25)20-6-2-1-3-7-20/h1-14,16H,15,17H2,(H,29,30)/b27-14+. The quantitative estimate of drug-likeness (QED) is 0.169. The van der Waals surface area contributed by atoms with Crippen molar-refractivity contribution in [2.24, 2.45) is 5.10 Å². The molecule has 0 fully saturated rings. The number of hydrogen-bond donors (Lipinski definition) is 1. The minimum Gasteiger partial charge on any atom is -0.489 e. The molecule has 0 atom stereocenters. The lowest BCUT2D eigenvalue weighted by Gasteiger charge is -2.07. The third-order valence-corrected chi connectivity index (χ3v) is 6.73. The van der Waals surface area contributed by atoms with Crippen molar-refractivity contribution in [1.82, 2.24) is 10.4 Å². The zero-order chi connectivity index (χ0) is 22.9. The number of ether oxygens (including phenoxy) is 1. The van der Waals surface area contributed by atoms with E-state index in [1.165, 1.54) is 23.1 Å². The Hall–Kier alpha value is -3.13. The van der Waals surface area contributed by atoms with Gasteiger partial charge in [0.2, 0.25) is 0 Å². The van der Waals surface area contributed by atoms with Crippen molar-refractivity contribution in [2.45, 2.75) is 10.9 Å². The maximum atomic E-state index is 12.1. The number of carbonyl (C=O) groups excluding carboxylic acids is 1. The summed E-state index contributed by atoms with van der Waals surface area (Å²) in [6.07, 6.45) is 1.59. The van der Waals surface area contributed by atoms with Gasteiger partial charge in [-0.15, -0.1) is 11.3 Å². The van der Waals surface area contributed by atoms with Gasteiger partial charge in [0.15, 0.2) is 4.34 Å². The Kier molecular flexibility index (Phi) is 8.14. The number of thiazole rings is 1. The van der Waals surface area contributed by atoms with Crippen LogP contribution in [0.2, 0.25) is 5.02 Å². The van der Waals surface area contributed by atoms with Gasteiger partial charge in [0.05, 0.1) is 17.7 Å². The lowest BCUT2D eigenvalue weighted by Crippen LogP contribution is -2.19. The number of carbonyl (C=O) groups is 1. The van der Waals surface area contributed by atoms with Crippen molar-refractivity contribution >= 4 is 46.8 Å². The number of amides is 1. The summed E-state index contributed by atoms with van der Waals surface area (Å²) in [7, 11) is 0. The van der Waals surface area contributed by atoms with Crippen LogP contribution in [0.5, 0.6) is 5.75 Å². The van der Waals surface area contributed by atoms with Crippen LogP contribution in [-0.2, 0) is 11.4 Å². The van der Waals surface area contributed by atoms with Crippen molar-refractivity contribution in [3.05, 3.63) is 100 Å². The number of hydrogen-bond acceptors (Lipinski definition) is 6. The maximum Gasteiger partial charge on any atom is 0.250 e. The van der Waals surface area contributed by atoms with E-state index in [9.17, 15) is 4.79 Å². The Morgan fingerprint density at radius 1 is 1.09 bits per heavy atom. The van der Waals surface area contributed by atoms with Crippen molar-refractivity contribution in [2.75, 3.05) is 5.75 Å². The van der Waals surface area contributed by atoms with Crippen LogP contribution in [-0.4, -0.2) is 22.9 Å². The molecular formula is C25H20ClN3O2S2. The van der Waals surface area contributed by atoms with Gasteiger partial charge in [0.1, 0.15) is 12.4 Å². The number of hydrazone groups is 1. The monoisotopic (exact) mass is 493 g/mol. The molecule has 0 radical (unpaired) electrons. The predicted molar refractivity (Wildman–Crippen MR) is 136 cm³/mol. The lowest BCUT2D eigenvalue weighted by atomic mass is 10.2. The largest absolute Gasteiger partial charge is 0.489 e. The topological polar surface area (TPSA) is 63.6 Å². The van der Waals surface area contributed by atoms with E-state index in [2.05, 4.69) is 15.5 Å². The average molecular weight is 494 g/mol. The summed E-state index contributed by atoms with van der Waals surface area (Å²) in [5, 5.41) is 6.74. The molecule has 4 rings (SSSR count). The smallest absolute Gasteiger partial charge is 0.250 e. The third kappa shape index (κ3) is 7.18. The zero-order valence-corrected chi connectivity index (χ0v) is 19.9. The highest BCUT2D eigenvalue weighted by molar-refractivity contribution is 8.01. The summed E-state index contributed by atoms with van der Waals surface area (Å²) in [4.78, 5) is 16.7. The molecule has 4 aromatic rings. The van der Waals surface area contributed by atoms with Gasteiger partial charge in [-0.1, -0.05) is 78.0 Å². The van der Waals surface area contributed by atoms with Crippen LogP contribution >= 0.6 is 34.7 Å². The predicted octanol–water partition coefficient (Wildman–Crippen LogP) is 6.28. The number of rotatable bonds is 9. The van der Waals surface area contributed by atoms with Crippen molar-refractivity contribution < 1.29 is 9.53 Å². The summed E-state index contributed by atoms with van der Waals surface area (Å²) in [6.45, 7) is 0.439. The number of aromatic nitrogens is 1. The number of nitrogens with one attached hydrogen (secondary N) is 1. The molecule has 1 amide bonds. The molecule has 1 aromatic heterocycles. The Bertz CT molecular complexity index is 1230. The molecule has 0 spiro atoms. The fourth-order valence-corrected chi connectivity index (χ4v) is 4.59. The van der Waals surface area contributed by atoms with Crippen LogP contribution in [0.4, 0.5) is 0 Å². The highest BCUT2D eigenvalue weighted by Gasteiger charge is 2.07. The van der Waals surface area contributed by atoms with Gasteiger partial charge in [-0.3, -0.25) is 4.79 Å². The molecule has 0 saturated carbocycles. The lowest BCUT2D eigenvalue weighted by molar-refractivity contribution is -0.118. The van der Waals surface area contributed by atoms with E-state index in [1.807, 2.05) is 84.2 Å². The third-order valence-electron chi connectivity index (χ3n) is 4.46. The van der Waals surface area contributed by atoms with Crippen LogP contribution in [0.3, 0.4) is 0 Å². The molecule has 166 valence electrons. The molecular weight excluding hydrogens is 474 g/mol. The first-order chi connectivity index (χ1) is 16.2. The van der Waals surface area contributed by atoms with Gasteiger partial charge < -0.3 is 4.74 Å². The molecule has 0 unspecified atom stereocenters. The first kappa shape index (κ1) is 23.0. The first-order valence-electron chi connectivity index (χ1n) is 10.1. The molecule has 33 heavy (non-hydrogen) atoms. The van der Waals surface area contributed by atoms with Crippen molar-refractivity contribution in [3.8, 4) is 17.0 Å². The summed E-state index contributed by atoms with van der Waals surface area (Å²) in [5.41, 5.74) is 6.39. The van der Waals surface area contributed by atoms with Crippen LogP contribution in [0.25, 0.3) is 11.3 Å². The van der Waals surface area contributed by atoms with E-state index in [0.29, 0.717) is 17.4 Å². The molecule has 3 aromatic carbocycles. The molecule has 0 aliphatic heterocycles. The Morgan fingerprint density at radius 2 is 1.91 bits per heavy atom. The molecule has 1 heterocycles.